The molecule has 0 radical (unpaired) electrons. The van der Waals surface area contributed by atoms with Crippen molar-refractivity contribution in [3.63, 3.8) is 0 Å². The van der Waals surface area contributed by atoms with Crippen molar-refractivity contribution >= 4 is 23.5 Å². The fraction of sp³-hybridized carbons (Fsp3) is 0.500. The Morgan fingerprint density at radius 3 is 2.33 bits per heavy atom. The molecule has 0 saturated carbocycles. The van der Waals surface area contributed by atoms with E-state index in [9.17, 15) is 9.59 Å². The molecule has 0 aliphatic rings. The van der Waals surface area contributed by atoms with E-state index in [2.05, 4.69) is 5.32 Å². The minimum atomic E-state index is -0.604. The second-order valence-electron chi connectivity index (χ2n) is 4.96. The highest BCUT2D eigenvalue weighted by Crippen LogP contribution is 2.27. The number of nitrogens with one attached hydrogen (secondary N) is 1. The van der Waals surface area contributed by atoms with Crippen molar-refractivity contribution in [2.75, 3.05) is 12.4 Å². The van der Waals surface area contributed by atoms with Gasteiger partial charge in [0, 0.05) is 12.0 Å². The van der Waals surface area contributed by atoms with Gasteiger partial charge in [-0.05, 0) is 18.4 Å². The van der Waals surface area contributed by atoms with Crippen molar-refractivity contribution in [1.29, 1.82) is 0 Å². The van der Waals surface area contributed by atoms with Gasteiger partial charge in [0.25, 0.3) is 0 Å². The Bertz CT molecular complexity index is 458. The number of benzene rings is 1. The van der Waals surface area contributed by atoms with E-state index in [1.165, 1.54) is 0 Å². The maximum Gasteiger partial charge on any atom is 0.407 e. The number of halogens is 1. The Kier molecular flexibility index (Phi) is 7.23. The Morgan fingerprint density at radius 2 is 1.81 bits per heavy atom. The zero-order chi connectivity index (χ0) is 15.7. The molecule has 0 bridgehead atoms. The lowest BCUT2D eigenvalue weighted by molar-refractivity contribution is -0.126. The molecule has 0 aliphatic carbocycles. The predicted molar refractivity (Wildman–Crippen MR) is 83.4 cm³/mol. The Balaban J connectivity index is 2.48. The number of alkyl halides is 1. The third-order valence-electron chi connectivity index (χ3n) is 3.85. The maximum absolute atomic E-state index is 12.0. The highest BCUT2D eigenvalue weighted by molar-refractivity contribution is 6.28. The van der Waals surface area contributed by atoms with Gasteiger partial charge in [-0.2, -0.15) is 0 Å². The molecule has 116 valence electrons. The lowest BCUT2D eigenvalue weighted by atomic mass is 9.79. The summed E-state index contributed by atoms with van der Waals surface area (Å²) in [6.45, 7) is 4.30. The average Bonchev–Trinajstić information content (AvgIpc) is 2.54. The minimum absolute atomic E-state index is 0.0393. The molecule has 0 spiro atoms. The van der Waals surface area contributed by atoms with E-state index in [0.29, 0.717) is 12.8 Å². The Morgan fingerprint density at radius 1 is 1.19 bits per heavy atom. The van der Waals surface area contributed by atoms with E-state index in [1.54, 1.807) is 0 Å². The number of ether oxygens (including phenoxy) is 1. The molecule has 1 amide bonds. The highest BCUT2D eigenvalue weighted by atomic mass is 35.5. The number of alkyl carbamates (subject to hydrolysis) is 1. The van der Waals surface area contributed by atoms with E-state index in [-0.39, 0.29) is 24.8 Å². The van der Waals surface area contributed by atoms with Gasteiger partial charge >= 0.3 is 6.09 Å². The molecule has 4 nitrogen and oxygen atoms in total. The zero-order valence-electron chi connectivity index (χ0n) is 12.5. The van der Waals surface area contributed by atoms with Crippen LogP contribution in [0.25, 0.3) is 0 Å². The quantitative estimate of drug-likeness (QED) is 0.747. The average molecular weight is 312 g/mol. The summed E-state index contributed by atoms with van der Waals surface area (Å²) in [5.41, 5.74) is 0.315. The van der Waals surface area contributed by atoms with Crippen LogP contribution in [0.3, 0.4) is 0 Å². The molecule has 0 heterocycles. The largest absolute Gasteiger partial charge is 0.445 e. The number of amides is 1. The summed E-state index contributed by atoms with van der Waals surface area (Å²) in [4.78, 5) is 23.7. The van der Waals surface area contributed by atoms with E-state index in [4.69, 9.17) is 16.3 Å². The van der Waals surface area contributed by atoms with Crippen molar-refractivity contribution in [1.82, 2.24) is 5.32 Å². The summed E-state index contributed by atoms with van der Waals surface area (Å²) in [5.74, 6) is -0.0832. The van der Waals surface area contributed by atoms with Gasteiger partial charge in [-0.25, -0.2) is 4.79 Å². The van der Waals surface area contributed by atoms with Crippen molar-refractivity contribution in [2.45, 2.75) is 33.3 Å². The van der Waals surface area contributed by atoms with Gasteiger partial charge in [0.15, 0.2) is 5.78 Å². The van der Waals surface area contributed by atoms with E-state index in [1.807, 2.05) is 44.2 Å². The molecular formula is C16H22ClNO3. The number of carbonyl (C=O) groups is 2. The van der Waals surface area contributed by atoms with Crippen LogP contribution in [0.2, 0.25) is 0 Å². The van der Waals surface area contributed by atoms with Crippen LogP contribution < -0.4 is 5.32 Å². The Labute approximate surface area is 130 Å². The molecule has 21 heavy (non-hydrogen) atoms. The van der Waals surface area contributed by atoms with Crippen molar-refractivity contribution in [3.05, 3.63) is 35.9 Å². The smallest absolute Gasteiger partial charge is 0.407 e. The second kappa shape index (κ2) is 8.67. The number of hydrogen-bond donors (Lipinski definition) is 1. The van der Waals surface area contributed by atoms with Gasteiger partial charge in [-0.3, -0.25) is 4.79 Å². The summed E-state index contributed by atoms with van der Waals surface area (Å²) < 4.78 is 5.13. The minimum Gasteiger partial charge on any atom is -0.445 e. The number of hydrogen-bond acceptors (Lipinski definition) is 3. The van der Waals surface area contributed by atoms with Crippen molar-refractivity contribution in [3.8, 4) is 0 Å². The lowest BCUT2D eigenvalue weighted by Crippen LogP contribution is -2.43. The SMILES string of the molecule is CCC(CC)(CNC(=O)OCc1ccccc1)C(=O)CCl. The molecule has 0 saturated heterocycles. The zero-order valence-corrected chi connectivity index (χ0v) is 13.3. The van der Waals surface area contributed by atoms with E-state index < -0.39 is 11.5 Å². The summed E-state index contributed by atoms with van der Waals surface area (Å²) in [6.07, 6.45) is 0.745. The number of ketones is 1. The first-order chi connectivity index (χ1) is 10.1. The molecule has 0 aliphatic heterocycles. The van der Waals surface area contributed by atoms with Crippen molar-refractivity contribution < 1.29 is 14.3 Å². The molecule has 0 atom stereocenters. The van der Waals surface area contributed by atoms with Crippen LogP contribution in [0.15, 0.2) is 30.3 Å². The standard InChI is InChI=1S/C16H22ClNO3/c1-3-16(4-2,14(19)10-17)12-18-15(20)21-11-13-8-6-5-7-9-13/h5-9H,3-4,10-12H2,1-2H3,(H,18,20). The third kappa shape index (κ3) is 5.05. The molecule has 1 rings (SSSR count). The normalized spacial score (nSPS) is 11.0. The lowest BCUT2D eigenvalue weighted by Gasteiger charge is -2.29. The van der Waals surface area contributed by atoms with Crippen LogP contribution in [-0.4, -0.2) is 24.3 Å². The van der Waals surface area contributed by atoms with Crippen molar-refractivity contribution in [2.24, 2.45) is 5.41 Å². The van der Waals surface area contributed by atoms with Crippen LogP contribution in [0.1, 0.15) is 32.3 Å². The van der Waals surface area contributed by atoms with Crippen LogP contribution in [0.5, 0.6) is 0 Å². The number of Topliss-reactive ketones (excluding diaryl/α,β-unsaturated/α-hetero) is 1. The van der Waals surface area contributed by atoms with Gasteiger partial charge in [0.2, 0.25) is 0 Å². The van der Waals surface area contributed by atoms with Gasteiger partial charge in [0.1, 0.15) is 6.61 Å². The molecule has 1 aromatic rings. The molecule has 1 aromatic carbocycles. The summed E-state index contributed by atoms with van der Waals surface area (Å²) in [7, 11) is 0. The second-order valence-corrected chi connectivity index (χ2v) is 5.23. The summed E-state index contributed by atoms with van der Waals surface area (Å²) in [6, 6.07) is 9.43. The van der Waals surface area contributed by atoms with Gasteiger partial charge in [-0.1, -0.05) is 44.2 Å². The molecular weight excluding hydrogens is 290 g/mol. The van der Waals surface area contributed by atoms with Crippen LogP contribution in [0, 0.1) is 5.41 Å². The topological polar surface area (TPSA) is 55.4 Å². The monoisotopic (exact) mass is 311 g/mol. The fourth-order valence-corrected chi connectivity index (χ4v) is 2.43. The van der Waals surface area contributed by atoms with Gasteiger partial charge in [-0.15, -0.1) is 11.6 Å². The fourth-order valence-electron chi connectivity index (χ4n) is 2.15. The van der Waals surface area contributed by atoms with Gasteiger partial charge < -0.3 is 10.1 Å². The maximum atomic E-state index is 12.0. The molecule has 5 heteroatoms. The predicted octanol–water partition coefficient (Wildman–Crippen LogP) is 3.53. The molecule has 0 unspecified atom stereocenters. The van der Waals surface area contributed by atoms with Crippen LogP contribution in [-0.2, 0) is 16.1 Å². The number of rotatable bonds is 8. The highest BCUT2D eigenvalue weighted by Gasteiger charge is 2.34. The molecule has 1 N–H and O–H groups in total. The first kappa shape index (κ1) is 17.5. The molecule has 0 fully saturated rings. The molecule has 0 aromatic heterocycles. The Hall–Kier alpha value is -1.55. The summed E-state index contributed by atoms with van der Waals surface area (Å²) >= 11 is 5.66. The number of carbonyl (C=O) groups excluding carboxylic acids is 2. The summed E-state index contributed by atoms with van der Waals surface area (Å²) in [5, 5.41) is 2.67. The van der Waals surface area contributed by atoms with E-state index >= 15 is 0 Å². The van der Waals surface area contributed by atoms with E-state index in [0.717, 1.165) is 5.56 Å². The third-order valence-corrected chi connectivity index (χ3v) is 4.09. The first-order valence-electron chi connectivity index (χ1n) is 7.11. The van der Waals surface area contributed by atoms with Gasteiger partial charge in [0.05, 0.1) is 5.88 Å². The van der Waals surface area contributed by atoms with Crippen LogP contribution in [0.4, 0.5) is 4.79 Å². The first-order valence-corrected chi connectivity index (χ1v) is 7.65. The van der Waals surface area contributed by atoms with Crippen LogP contribution >= 0.6 is 11.6 Å².